The highest BCUT2D eigenvalue weighted by Crippen LogP contribution is 2.36. The van der Waals surface area contributed by atoms with Crippen LogP contribution < -0.4 is 0 Å². The monoisotopic (exact) mass is 393 g/mol. The first-order chi connectivity index (χ1) is 12.6. The molecule has 138 valence electrons. The number of methoxy groups -OCH3 is 1. The molecule has 0 radical (unpaired) electrons. The second kappa shape index (κ2) is 8.66. The number of aromatic nitrogens is 5. The molecule has 0 bridgehead atoms. The quantitative estimate of drug-likeness (QED) is 0.419. The fraction of sp³-hybridized carbons (Fsp3) is 0.412. The van der Waals surface area contributed by atoms with Crippen LogP contribution in [-0.2, 0) is 11.3 Å². The maximum absolute atomic E-state index is 6.36. The molecule has 7 nitrogen and oxygen atoms in total. The van der Waals surface area contributed by atoms with E-state index in [4.69, 9.17) is 20.8 Å². The minimum absolute atomic E-state index is 0.0410. The van der Waals surface area contributed by atoms with E-state index in [9.17, 15) is 0 Å². The highest BCUT2D eigenvalue weighted by molar-refractivity contribution is 7.99. The zero-order chi connectivity index (χ0) is 18.5. The number of halogens is 1. The van der Waals surface area contributed by atoms with E-state index in [0.717, 1.165) is 29.5 Å². The van der Waals surface area contributed by atoms with Gasteiger partial charge in [-0.3, -0.25) is 0 Å². The second-order valence-corrected chi connectivity index (χ2v) is 7.42. The molecule has 0 aliphatic heterocycles. The standard InChI is InChI=1S/C17H20ClN5O2S/c1-11(16-21-19-12(2)25-16)26-17-22-20-15(23(17)9-6-10-24-3)13-7-4-5-8-14(13)18/h4-5,7-8,11H,6,9-10H2,1-3H3. The van der Waals surface area contributed by atoms with E-state index in [-0.39, 0.29) is 5.25 Å². The van der Waals surface area contributed by atoms with E-state index in [1.165, 1.54) is 11.8 Å². The van der Waals surface area contributed by atoms with Crippen molar-refractivity contribution < 1.29 is 9.15 Å². The summed E-state index contributed by atoms with van der Waals surface area (Å²) >= 11 is 7.89. The molecule has 0 N–H and O–H groups in total. The van der Waals surface area contributed by atoms with Gasteiger partial charge >= 0.3 is 0 Å². The van der Waals surface area contributed by atoms with Crippen molar-refractivity contribution in [1.82, 2.24) is 25.0 Å². The first kappa shape index (κ1) is 18.9. The lowest BCUT2D eigenvalue weighted by molar-refractivity contribution is 0.189. The van der Waals surface area contributed by atoms with E-state index < -0.39 is 0 Å². The van der Waals surface area contributed by atoms with Crippen molar-refractivity contribution in [3.63, 3.8) is 0 Å². The van der Waals surface area contributed by atoms with Gasteiger partial charge in [-0.2, -0.15) is 0 Å². The maximum atomic E-state index is 6.36. The van der Waals surface area contributed by atoms with Crippen LogP contribution in [0.25, 0.3) is 11.4 Å². The lowest BCUT2D eigenvalue weighted by Gasteiger charge is -2.12. The number of nitrogens with zero attached hydrogens (tertiary/aromatic N) is 5. The molecule has 2 aromatic heterocycles. The molecule has 1 aromatic carbocycles. The topological polar surface area (TPSA) is 78.9 Å². The Kier molecular flexibility index (Phi) is 6.29. The van der Waals surface area contributed by atoms with Crippen molar-refractivity contribution in [2.24, 2.45) is 0 Å². The molecule has 2 heterocycles. The van der Waals surface area contributed by atoms with Gasteiger partial charge in [-0.1, -0.05) is 35.5 Å². The summed E-state index contributed by atoms with van der Waals surface area (Å²) in [5.41, 5.74) is 0.854. The first-order valence-electron chi connectivity index (χ1n) is 8.24. The van der Waals surface area contributed by atoms with Gasteiger partial charge in [-0.15, -0.1) is 20.4 Å². The predicted octanol–water partition coefficient (Wildman–Crippen LogP) is 4.18. The molecular weight excluding hydrogens is 374 g/mol. The summed E-state index contributed by atoms with van der Waals surface area (Å²) < 4.78 is 12.8. The molecule has 0 amide bonds. The van der Waals surface area contributed by atoms with Gasteiger partial charge in [0.1, 0.15) is 0 Å². The molecule has 0 saturated carbocycles. The van der Waals surface area contributed by atoms with Crippen LogP contribution in [0, 0.1) is 6.92 Å². The molecule has 0 spiro atoms. The molecule has 1 atom stereocenters. The zero-order valence-electron chi connectivity index (χ0n) is 14.8. The molecule has 1 unspecified atom stereocenters. The number of hydrogen-bond donors (Lipinski definition) is 0. The van der Waals surface area contributed by atoms with Gasteiger partial charge in [0.05, 0.1) is 10.3 Å². The summed E-state index contributed by atoms with van der Waals surface area (Å²) in [7, 11) is 1.69. The van der Waals surface area contributed by atoms with Gasteiger partial charge in [0, 0.05) is 32.7 Å². The van der Waals surface area contributed by atoms with Crippen LogP contribution in [0.3, 0.4) is 0 Å². The van der Waals surface area contributed by atoms with Crippen molar-refractivity contribution >= 4 is 23.4 Å². The van der Waals surface area contributed by atoms with E-state index >= 15 is 0 Å². The molecule has 9 heteroatoms. The summed E-state index contributed by atoms with van der Waals surface area (Å²) in [4.78, 5) is 0. The van der Waals surface area contributed by atoms with E-state index in [1.807, 2.05) is 31.2 Å². The fourth-order valence-electron chi connectivity index (χ4n) is 2.47. The SMILES string of the molecule is COCCCn1c(SC(C)c2nnc(C)o2)nnc1-c1ccccc1Cl. The number of benzene rings is 1. The third-order valence-electron chi connectivity index (χ3n) is 3.73. The van der Waals surface area contributed by atoms with Crippen molar-refractivity contribution in [2.45, 2.75) is 37.2 Å². The largest absolute Gasteiger partial charge is 0.424 e. The van der Waals surface area contributed by atoms with Crippen LogP contribution in [0.5, 0.6) is 0 Å². The Morgan fingerprint density at radius 3 is 2.73 bits per heavy atom. The van der Waals surface area contributed by atoms with Crippen LogP contribution in [-0.4, -0.2) is 38.7 Å². The normalized spacial score (nSPS) is 12.5. The highest BCUT2D eigenvalue weighted by atomic mass is 35.5. The molecule has 0 fully saturated rings. The lowest BCUT2D eigenvalue weighted by atomic mass is 10.2. The Bertz CT molecular complexity index is 866. The molecule has 3 aromatic rings. The molecule has 26 heavy (non-hydrogen) atoms. The van der Waals surface area contributed by atoms with E-state index in [1.54, 1.807) is 14.0 Å². The fourth-order valence-corrected chi connectivity index (χ4v) is 3.60. The third kappa shape index (κ3) is 4.25. The minimum atomic E-state index is -0.0410. The summed E-state index contributed by atoms with van der Waals surface area (Å²) in [6, 6.07) is 7.62. The average molecular weight is 394 g/mol. The van der Waals surface area contributed by atoms with Gasteiger partial charge in [0.25, 0.3) is 0 Å². The lowest BCUT2D eigenvalue weighted by Crippen LogP contribution is -2.06. The number of hydrogen-bond acceptors (Lipinski definition) is 7. The zero-order valence-corrected chi connectivity index (χ0v) is 16.4. The summed E-state index contributed by atoms with van der Waals surface area (Å²) in [5, 5.41) is 18.1. The maximum Gasteiger partial charge on any atom is 0.229 e. The number of rotatable bonds is 8. The van der Waals surface area contributed by atoms with Crippen LogP contribution in [0.1, 0.15) is 30.4 Å². The average Bonchev–Trinajstić information content (AvgIpc) is 3.23. The van der Waals surface area contributed by atoms with Crippen molar-refractivity contribution in [2.75, 3.05) is 13.7 Å². The summed E-state index contributed by atoms with van der Waals surface area (Å²) in [5.74, 6) is 1.85. The van der Waals surface area contributed by atoms with Crippen molar-refractivity contribution in [3.05, 3.63) is 41.1 Å². The van der Waals surface area contributed by atoms with Gasteiger partial charge in [0.15, 0.2) is 11.0 Å². The van der Waals surface area contributed by atoms with Crippen LogP contribution >= 0.6 is 23.4 Å². The number of aryl methyl sites for hydroxylation is 1. The summed E-state index contributed by atoms with van der Waals surface area (Å²) in [6.07, 6.45) is 0.841. The number of thioether (sulfide) groups is 1. The Labute approximate surface area is 161 Å². The van der Waals surface area contributed by atoms with Gasteiger partial charge in [-0.25, -0.2) is 0 Å². The van der Waals surface area contributed by atoms with E-state index in [0.29, 0.717) is 23.4 Å². The Morgan fingerprint density at radius 1 is 1.23 bits per heavy atom. The highest BCUT2D eigenvalue weighted by Gasteiger charge is 2.21. The van der Waals surface area contributed by atoms with Gasteiger partial charge < -0.3 is 13.7 Å². The first-order valence-corrected chi connectivity index (χ1v) is 9.49. The Hall–Kier alpha value is -1.90. The molecule has 0 saturated heterocycles. The van der Waals surface area contributed by atoms with E-state index in [2.05, 4.69) is 25.0 Å². The van der Waals surface area contributed by atoms with Gasteiger partial charge in [-0.05, 0) is 25.5 Å². The molecule has 0 aliphatic carbocycles. The summed E-state index contributed by atoms with van der Waals surface area (Å²) in [6.45, 7) is 5.15. The van der Waals surface area contributed by atoms with Crippen LogP contribution in [0.4, 0.5) is 0 Å². The van der Waals surface area contributed by atoms with Crippen molar-refractivity contribution in [1.29, 1.82) is 0 Å². The molecule has 3 rings (SSSR count). The Balaban J connectivity index is 1.90. The minimum Gasteiger partial charge on any atom is -0.424 e. The van der Waals surface area contributed by atoms with Crippen LogP contribution in [0.2, 0.25) is 5.02 Å². The van der Waals surface area contributed by atoms with Crippen LogP contribution in [0.15, 0.2) is 33.8 Å². The molecular formula is C17H20ClN5O2S. The smallest absolute Gasteiger partial charge is 0.229 e. The third-order valence-corrected chi connectivity index (χ3v) is 5.13. The number of ether oxygens (including phenoxy) is 1. The van der Waals surface area contributed by atoms with Gasteiger partial charge in [0.2, 0.25) is 11.8 Å². The van der Waals surface area contributed by atoms with Crippen molar-refractivity contribution in [3.8, 4) is 11.4 Å². The Morgan fingerprint density at radius 2 is 2.04 bits per heavy atom. The molecule has 0 aliphatic rings. The predicted molar refractivity (Wildman–Crippen MR) is 100 cm³/mol. The second-order valence-electron chi connectivity index (χ2n) is 5.70.